The molecule has 0 amide bonds. The number of aromatic nitrogens is 1. The lowest BCUT2D eigenvalue weighted by molar-refractivity contribution is -0.0537. The van der Waals surface area contributed by atoms with Crippen LogP contribution in [-0.4, -0.2) is 18.4 Å². The number of hydrogen-bond donors (Lipinski definition) is 0. The van der Waals surface area contributed by atoms with Gasteiger partial charge in [0.2, 0.25) is 0 Å². The van der Waals surface area contributed by atoms with Crippen LogP contribution in [0.5, 0.6) is 0 Å². The van der Waals surface area contributed by atoms with Crippen LogP contribution in [0, 0.1) is 0 Å². The van der Waals surface area contributed by atoms with Crippen molar-refractivity contribution < 1.29 is 9.26 Å². The summed E-state index contributed by atoms with van der Waals surface area (Å²) in [5.74, 6) is 0.471. The maximum atomic E-state index is 5.21. The largest absolute Gasteiger partial charge is 0.379 e. The summed E-state index contributed by atoms with van der Waals surface area (Å²) in [6, 6.07) is 0. The van der Waals surface area contributed by atoms with E-state index in [1.54, 1.807) is 6.26 Å². The summed E-state index contributed by atoms with van der Waals surface area (Å²) < 4.78 is 10.2. The van der Waals surface area contributed by atoms with E-state index in [4.69, 9.17) is 9.26 Å². The second kappa shape index (κ2) is 2.84. The lowest BCUT2D eigenvalue weighted by Crippen LogP contribution is -2.44. The summed E-state index contributed by atoms with van der Waals surface area (Å²) >= 11 is 0. The molecule has 3 heteroatoms. The Hall–Kier alpha value is -0.830. The van der Waals surface area contributed by atoms with E-state index < -0.39 is 0 Å². The zero-order valence-electron chi connectivity index (χ0n) is 8.33. The normalized spacial score (nSPS) is 20.3. The molecule has 1 fully saturated rings. The monoisotopic (exact) mass is 181 g/mol. The maximum absolute atomic E-state index is 5.21. The van der Waals surface area contributed by atoms with Gasteiger partial charge < -0.3 is 9.26 Å². The molecule has 0 aliphatic carbocycles. The fourth-order valence-electron chi connectivity index (χ4n) is 1.66. The molecule has 0 saturated carbocycles. The molecule has 1 aromatic rings. The zero-order valence-corrected chi connectivity index (χ0v) is 8.33. The highest BCUT2D eigenvalue weighted by Crippen LogP contribution is 2.35. The van der Waals surface area contributed by atoms with Crippen molar-refractivity contribution in [3.63, 3.8) is 0 Å². The third-order valence-corrected chi connectivity index (χ3v) is 2.63. The van der Waals surface area contributed by atoms with Gasteiger partial charge in [-0.3, -0.25) is 0 Å². The van der Waals surface area contributed by atoms with Crippen molar-refractivity contribution in [3.8, 4) is 0 Å². The highest BCUT2D eigenvalue weighted by Gasteiger charge is 2.40. The Morgan fingerprint density at radius 3 is 2.62 bits per heavy atom. The molecular formula is C10H15NO2. The molecule has 0 radical (unpaired) electrons. The Bertz CT molecular complexity index is 300. The molecule has 3 nitrogen and oxygen atoms in total. The highest BCUT2D eigenvalue weighted by molar-refractivity contribution is 5.28. The summed E-state index contributed by atoms with van der Waals surface area (Å²) in [6.45, 7) is 8.00. The van der Waals surface area contributed by atoms with Gasteiger partial charge in [-0.05, 0) is 12.8 Å². The van der Waals surface area contributed by atoms with Gasteiger partial charge in [0.15, 0.2) is 0 Å². The fraction of sp³-hybridized carbons (Fsp3) is 0.700. The van der Waals surface area contributed by atoms with Crippen LogP contribution in [-0.2, 0) is 10.2 Å². The standard InChI is InChI=1S/C10H15NO2/c1-7(2)8-4-13-11-9(8)10(3)5-12-6-10/h4,7H,5-6H2,1-3H3. The Morgan fingerprint density at radius 2 is 2.15 bits per heavy atom. The Labute approximate surface area is 78.1 Å². The Balaban J connectivity index is 2.34. The van der Waals surface area contributed by atoms with Crippen LogP contribution in [0.25, 0.3) is 0 Å². The summed E-state index contributed by atoms with van der Waals surface area (Å²) in [7, 11) is 0. The predicted molar refractivity (Wildman–Crippen MR) is 48.8 cm³/mol. The zero-order chi connectivity index (χ0) is 9.47. The molecule has 2 rings (SSSR count). The average Bonchev–Trinajstić information content (AvgIpc) is 2.47. The van der Waals surface area contributed by atoms with Crippen molar-refractivity contribution in [1.29, 1.82) is 0 Å². The van der Waals surface area contributed by atoms with Gasteiger partial charge in [-0.1, -0.05) is 19.0 Å². The van der Waals surface area contributed by atoms with E-state index in [0.29, 0.717) is 5.92 Å². The van der Waals surface area contributed by atoms with Crippen LogP contribution < -0.4 is 0 Å². The third-order valence-electron chi connectivity index (χ3n) is 2.63. The van der Waals surface area contributed by atoms with Gasteiger partial charge >= 0.3 is 0 Å². The van der Waals surface area contributed by atoms with E-state index in [9.17, 15) is 0 Å². The molecule has 0 N–H and O–H groups in total. The van der Waals surface area contributed by atoms with Crippen molar-refractivity contribution in [1.82, 2.24) is 5.16 Å². The SMILES string of the molecule is CC(C)c1conc1C1(C)COC1. The molecule has 1 saturated heterocycles. The molecule has 0 unspecified atom stereocenters. The first-order valence-corrected chi connectivity index (χ1v) is 4.66. The van der Waals surface area contributed by atoms with Crippen LogP contribution in [0.15, 0.2) is 10.8 Å². The Morgan fingerprint density at radius 1 is 1.46 bits per heavy atom. The first kappa shape index (κ1) is 8.75. The van der Waals surface area contributed by atoms with Gasteiger partial charge in [-0.25, -0.2) is 0 Å². The predicted octanol–water partition coefficient (Wildman–Crippen LogP) is 2.09. The Kier molecular flexibility index (Phi) is 1.91. The first-order valence-electron chi connectivity index (χ1n) is 4.66. The van der Waals surface area contributed by atoms with Gasteiger partial charge in [0.25, 0.3) is 0 Å². The molecular weight excluding hydrogens is 166 g/mol. The van der Waals surface area contributed by atoms with E-state index in [-0.39, 0.29) is 5.41 Å². The smallest absolute Gasteiger partial charge is 0.127 e. The van der Waals surface area contributed by atoms with Gasteiger partial charge in [0.1, 0.15) is 6.26 Å². The number of ether oxygens (including phenoxy) is 1. The van der Waals surface area contributed by atoms with Crippen molar-refractivity contribution >= 4 is 0 Å². The first-order chi connectivity index (χ1) is 6.13. The van der Waals surface area contributed by atoms with Crippen LogP contribution >= 0.6 is 0 Å². The average molecular weight is 181 g/mol. The van der Waals surface area contributed by atoms with E-state index >= 15 is 0 Å². The molecule has 2 heterocycles. The lowest BCUT2D eigenvalue weighted by Gasteiger charge is -2.37. The van der Waals surface area contributed by atoms with Crippen LogP contribution in [0.1, 0.15) is 37.9 Å². The van der Waals surface area contributed by atoms with Crippen LogP contribution in [0.2, 0.25) is 0 Å². The highest BCUT2D eigenvalue weighted by atomic mass is 16.5. The number of hydrogen-bond acceptors (Lipinski definition) is 3. The quantitative estimate of drug-likeness (QED) is 0.700. The summed E-state index contributed by atoms with van der Waals surface area (Å²) in [5, 5.41) is 4.08. The van der Waals surface area contributed by atoms with E-state index in [1.165, 1.54) is 5.56 Å². The van der Waals surface area contributed by atoms with E-state index in [2.05, 4.69) is 25.9 Å². The van der Waals surface area contributed by atoms with Crippen molar-refractivity contribution in [2.24, 2.45) is 0 Å². The van der Waals surface area contributed by atoms with E-state index in [0.717, 1.165) is 18.9 Å². The van der Waals surface area contributed by atoms with Crippen molar-refractivity contribution in [3.05, 3.63) is 17.5 Å². The minimum absolute atomic E-state index is 0.0899. The number of rotatable bonds is 2. The lowest BCUT2D eigenvalue weighted by atomic mass is 9.81. The van der Waals surface area contributed by atoms with Gasteiger partial charge in [-0.2, -0.15) is 0 Å². The van der Waals surface area contributed by atoms with Crippen molar-refractivity contribution in [2.45, 2.75) is 32.1 Å². The third kappa shape index (κ3) is 1.27. The summed E-state index contributed by atoms with van der Waals surface area (Å²) in [4.78, 5) is 0. The molecule has 0 atom stereocenters. The maximum Gasteiger partial charge on any atom is 0.127 e. The van der Waals surface area contributed by atoms with Gasteiger partial charge in [0, 0.05) is 5.56 Å². The summed E-state index contributed by atoms with van der Waals surface area (Å²) in [5.41, 5.74) is 2.38. The molecule has 0 bridgehead atoms. The molecule has 1 aromatic heterocycles. The van der Waals surface area contributed by atoms with Crippen LogP contribution in [0.4, 0.5) is 0 Å². The van der Waals surface area contributed by atoms with Crippen LogP contribution in [0.3, 0.4) is 0 Å². The van der Waals surface area contributed by atoms with Crippen molar-refractivity contribution in [2.75, 3.05) is 13.2 Å². The molecule has 72 valence electrons. The fourth-order valence-corrected chi connectivity index (χ4v) is 1.66. The molecule has 0 aromatic carbocycles. The second-order valence-corrected chi connectivity index (χ2v) is 4.33. The van der Waals surface area contributed by atoms with E-state index in [1.807, 2.05) is 0 Å². The minimum atomic E-state index is 0.0899. The summed E-state index contributed by atoms with van der Waals surface area (Å²) in [6.07, 6.45) is 1.75. The molecule has 1 aliphatic rings. The van der Waals surface area contributed by atoms with Gasteiger partial charge in [0.05, 0.1) is 24.3 Å². The topological polar surface area (TPSA) is 35.3 Å². The molecule has 1 aliphatic heterocycles. The molecule has 13 heavy (non-hydrogen) atoms. The number of nitrogens with zero attached hydrogens (tertiary/aromatic N) is 1. The van der Waals surface area contributed by atoms with Gasteiger partial charge in [-0.15, -0.1) is 0 Å². The minimum Gasteiger partial charge on any atom is -0.379 e. The molecule has 0 spiro atoms. The second-order valence-electron chi connectivity index (χ2n) is 4.33.